The van der Waals surface area contributed by atoms with Crippen LogP contribution in [0.15, 0.2) is 36.4 Å². The van der Waals surface area contributed by atoms with Crippen LogP contribution in [-0.2, 0) is 6.42 Å². The van der Waals surface area contributed by atoms with Gasteiger partial charge in [0.1, 0.15) is 0 Å². The molecule has 1 saturated heterocycles. The summed E-state index contributed by atoms with van der Waals surface area (Å²) in [6.07, 6.45) is 1.95. The Kier molecular flexibility index (Phi) is 4.82. The summed E-state index contributed by atoms with van der Waals surface area (Å²) < 4.78 is 11.0. The highest BCUT2D eigenvalue weighted by molar-refractivity contribution is 6.30. The largest absolute Gasteiger partial charge is 0.493 e. The molecule has 0 amide bonds. The lowest BCUT2D eigenvalue weighted by atomic mass is 9.78. The molecule has 0 bridgehead atoms. The van der Waals surface area contributed by atoms with Gasteiger partial charge < -0.3 is 15.2 Å². The van der Waals surface area contributed by atoms with Gasteiger partial charge in [-0.1, -0.05) is 23.7 Å². The van der Waals surface area contributed by atoms with E-state index >= 15 is 0 Å². The zero-order chi connectivity index (χ0) is 18.3. The van der Waals surface area contributed by atoms with E-state index < -0.39 is 0 Å². The highest BCUT2D eigenvalue weighted by Crippen LogP contribution is 2.44. The number of benzene rings is 2. The summed E-state index contributed by atoms with van der Waals surface area (Å²) in [5.74, 6) is 1.90. The van der Waals surface area contributed by atoms with Gasteiger partial charge in [-0.3, -0.25) is 4.90 Å². The fourth-order valence-corrected chi connectivity index (χ4v) is 4.67. The predicted molar refractivity (Wildman–Crippen MR) is 104 cm³/mol. The van der Waals surface area contributed by atoms with Crippen LogP contribution in [0.25, 0.3) is 0 Å². The fourth-order valence-electron chi connectivity index (χ4n) is 4.47. The third kappa shape index (κ3) is 3.07. The number of methoxy groups -OCH3 is 2. The molecule has 0 saturated carbocycles. The lowest BCUT2D eigenvalue weighted by Crippen LogP contribution is -2.49. The van der Waals surface area contributed by atoms with Crippen molar-refractivity contribution >= 4 is 11.6 Å². The third-order valence-electron chi connectivity index (χ3n) is 5.83. The second kappa shape index (κ2) is 7.10. The van der Waals surface area contributed by atoms with Gasteiger partial charge in [-0.05, 0) is 53.8 Å². The van der Waals surface area contributed by atoms with Gasteiger partial charge in [0, 0.05) is 36.1 Å². The highest BCUT2D eigenvalue weighted by atomic mass is 35.5. The van der Waals surface area contributed by atoms with Crippen LogP contribution in [-0.4, -0.2) is 38.3 Å². The van der Waals surface area contributed by atoms with Gasteiger partial charge in [0.05, 0.1) is 14.2 Å². The van der Waals surface area contributed by atoms with Crippen molar-refractivity contribution in [2.75, 3.05) is 27.3 Å². The summed E-state index contributed by atoms with van der Waals surface area (Å²) in [4.78, 5) is 2.56. The molecule has 0 spiro atoms. The van der Waals surface area contributed by atoms with Crippen molar-refractivity contribution in [1.29, 1.82) is 0 Å². The lowest BCUT2D eigenvalue weighted by Gasteiger charge is -2.46. The molecule has 5 heteroatoms. The van der Waals surface area contributed by atoms with Crippen molar-refractivity contribution in [3.05, 3.63) is 58.1 Å². The summed E-state index contributed by atoms with van der Waals surface area (Å²) in [6.45, 7) is 2.00. The normalized spacial score (nSPS) is 25.3. The van der Waals surface area contributed by atoms with E-state index in [0.717, 1.165) is 42.5 Å². The molecule has 1 fully saturated rings. The smallest absolute Gasteiger partial charge is 0.161 e. The summed E-state index contributed by atoms with van der Waals surface area (Å²) in [7, 11) is 3.37. The molecule has 0 aromatic heterocycles. The Bertz CT molecular complexity index is 811. The Balaban J connectivity index is 1.64. The van der Waals surface area contributed by atoms with E-state index in [0.29, 0.717) is 12.0 Å². The van der Waals surface area contributed by atoms with Crippen LogP contribution < -0.4 is 15.2 Å². The number of rotatable bonds is 3. The third-order valence-corrected chi connectivity index (χ3v) is 6.07. The van der Waals surface area contributed by atoms with Crippen LogP contribution in [0.1, 0.15) is 35.1 Å². The quantitative estimate of drug-likeness (QED) is 0.890. The summed E-state index contributed by atoms with van der Waals surface area (Å²) in [6, 6.07) is 12.8. The first-order valence-electron chi connectivity index (χ1n) is 9.10. The zero-order valence-corrected chi connectivity index (χ0v) is 16.0. The molecule has 3 atom stereocenters. The maximum atomic E-state index is 6.63. The first kappa shape index (κ1) is 17.7. The Labute approximate surface area is 159 Å². The number of hydrogen-bond donors (Lipinski definition) is 1. The first-order chi connectivity index (χ1) is 12.6. The van der Waals surface area contributed by atoms with E-state index in [1.54, 1.807) is 14.2 Å². The average molecular weight is 373 g/mol. The van der Waals surface area contributed by atoms with Crippen LogP contribution in [0.3, 0.4) is 0 Å². The lowest BCUT2D eigenvalue weighted by molar-refractivity contribution is 0.109. The fraction of sp³-hybridized carbons (Fsp3) is 0.429. The van der Waals surface area contributed by atoms with Gasteiger partial charge in [0.15, 0.2) is 11.5 Å². The van der Waals surface area contributed by atoms with E-state index in [4.69, 9.17) is 26.8 Å². The summed E-state index contributed by atoms with van der Waals surface area (Å²) >= 11 is 6.20. The number of nitrogens with zero attached hydrogens (tertiary/aromatic N) is 1. The van der Waals surface area contributed by atoms with Gasteiger partial charge in [-0.15, -0.1) is 0 Å². The SMILES string of the molecule is COc1cc2c(cc1OC)C1CC(N)C(c3cccc(Cl)c3)CN1CC2. The zero-order valence-electron chi connectivity index (χ0n) is 15.2. The highest BCUT2D eigenvalue weighted by Gasteiger charge is 2.38. The van der Waals surface area contributed by atoms with Crippen molar-refractivity contribution in [3.8, 4) is 11.5 Å². The van der Waals surface area contributed by atoms with E-state index in [2.05, 4.69) is 29.2 Å². The molecular formula is C21H25ClN2O2. The standard InChI is InChI=1S/C21H25ClN2O2/c1-25-20-9-14-6-7-24-12-17(13-4-3-5-15(22)8-13)18(23)11-19(24)16(14)10-21(20)26-2/h3-5,8-10,17-19H,6-7,11-12,23H2,1-2H3. The molecule has 0 aliphatic carbocycles. The molecule has 0 radical (unpaired) electrons. The monoisotopic (exact) mass is 372 g/mol. The molecule has 138 valence electrons. The Morgan fingerprint density at radius 2 is 1.88 bits per heavy atom. The minimum absolute atomic E-state index is 0.105. The molecule has 2 aromatic carbocycles. The predicted octanol–water partition coefficient (Wildman–Crippen LogP) is 3.77. The van der Waals surface area contributed by atoms with Crippen molar-refractivity contribution in [2.45, 2.75) is 30.8 Å². The van der Waals surface area contributed by atoms with Crippen LogP contribution in [0.2, 0.25) is 5.02 Å². The van der Waals surface area contributed by atoms with Gasteiger partial charge in [-0.2, -0.15) is 0 Å². The van der Waals surface area contributed by atoms with Gasteiger partial charge in [0.25, 0.3) is 0 Å². The van der Waals surface area contributed by atoms with Crippen LogP contribution in [0, 0.1) is 0 Å². The maximum Gasteiger partial charge on any atom is 0.161 e. The molecule has 3 unspecified atom stereocenters. The molecule has 2 aliphatic heterocycles. The minimum Gasteiger partial charge on any atom is -0.493 e. The maximum absolute atomic E-state index is 6.63. The second-order valence-corrected chi connectivity index (χ2v) is 7.66. The van der Waals surface area contributed by atoms with Crippen LogP contribution >= 0.6 is 11.6 Å². The molecule has 4 rings (SSSR count). The van der Waals surface area contributed by atoms with E-state index in [1.807, 2.05) is 12.1 Å². The number of ether oxygens (including phenoxy) is 2. The van der Waals surface area contributed by atoms with E-state index in [-0.39, 0.29) is 6.04 Å². The first-order valence-corrected chi connectivity index (χ1v) is 9.48. The minimum atomic E-state index is 0.105. The van der Waals surface area contributed by atoms with E-state index in [9.17, 15) is 0 Å². The molecule has 2 N–H and O–H groups in total. The van der Waals surface area contributed by atoms with Gasteiger partial charge in [0.2, 0.25) is 0 Å². The van der Waals surface area contributed by atoms with Crippen LogP contribution in [0.4, 0.5) is 0 Å². The molecule has 2 aliphatic rings. The summed E-state index contributed by atoms with van der Waals surface area (Å²) in [5, 5.41) is 0.776. The number of fused-ring (bicyclic) bond motifs is 3. The molecule has 26 heavy (non-hydrogen) atoms. The second-order valence-electron chi connectivity index (χ2n) is 7.23. The topological polar surface area (TPSA) is 47.7 Å². The molecular weight excluding hydrogens is 348 g/mol. The van der Waals surface area contributed by atoms with Gasteiger partial charge in [-0.25, -0.2) is 0 Å². The Morgan fingerprint density at radius 1 is 1.12 bits per heavy atom. The number of nitrogens with two attached hydrogens (primary N) is 1. The molecule has 2 aromatic rings. The van der Waals surface area contributed by atoms with Crippen molar-refractivity contribution in [1.82, 2.24) is 4.90 Å². The van der Waals surface area contributed by atoms with E-state index in [1.165, 1.54) is 16.7 Å². The van der Waals surface area contributed by atoms with Gasteiger partial charge >= 0.3 is 0 Å². The van der Waals surface area contributed by atoms with Crippen molar-refractivity contribution in [2.24, 2.45) is 5.73 Å². The summed E-state index contributed by atoms with van der Waals surface area (Å²) in [5.41, 5.74) is 10.5. The number of halogens is 1. The average Bonchev–Trinajstić information content (AvgIpc) is 2.66. The molecule has 4 nitrogen and oxygen atoms in total. The Hall–Kier alpha value is -1.75. The van der Waals surface area contributed by atoms with Crippen LogP contribution in [0.5, 0.6) is 11.5 Å². The molecule has 2 heterocycles. The van der Waals surface area contributed by atoms with Crippen molar-refractivity contribution in [3.63, 3.8) is 0 Å². The number of hydrogen-bond acceptors (Lipinski definition) is 4. The Morgan fingerprint density at radius 3 is 2.62 bits per heavy atom. The number of piperidine rings is 1. The van der Waals surface area contributed by atoms with Crippen molar-refractivity contribution < 1.29 is 9.47 Å².